The van der Waals surface area contributed by atoms with Crippen LogP contribution in [0.25, 0.3) is 0 Å². The number of thioether (sulfide) groups is 1. The maximum absolute atomic E-state index is 12.5. The Balaban J connectivity index is 1.63. The van der Waals surface area contributed by atoms with E-state index in [1.165, 1.54) is 18.9 Å². The Morgan fingerprint density at radius 2 is 1.92 bits per heavy atom. The zero-order valence-corrected chi connectivity index (χ0v) is 15.9. The normalized spacial score (nSPS) is 17.6. The Bertz CT molecular complexity index is 657. The Morgan fingerprint density at radius 3 is 2.65 bits per heavy atom. The molecule has 0 aromatic heterocycles. The zero-order chi connectivity index (χ0) is 18.4. The molecule has 1 aromatic rings. The number of benzene rings is 1. The Labute approximate surface area is 158 Å². The molecule has 1 amide bonds. The van der Waals surface area contributed by atoms with Crippen molar-refractivity contribution < 1.29 is 23.8 Å². The van der Waals surface area contributed by atoms with E-state index in [0.717, 1.165) is 42.7 Å². The van der Waals surface area contributed by atoms with Gasteiger partial charge in [-0.2, -0.15) is 11.8 Å². The quantitative estimate of drug-likeness (QED) is 0.580. The van der Waals surface area contributed by atoms with Crippen LogP contribution in [0.4, 0.5) is 0 Å². The van der Waals surface area contributed by atoms with Crippen molar-refractivity contribution in [2.45, 2.75) is 37.6 Å². The Hall–Kier alpha value is -1.89. The molecule has 0 atom stereocenters. The maximum atomic E-state index is 12.5. The molecular weight excluding hydrogens is 354 g/mol. The predicted octanol–water partition coefficient (Wildman–Crippen LogP) is 2.64. The first-order chi connectivity index (χ1) is 12.6. The Morgan fingerprint density at radius 1 is 1.19 bits per heavy atom. The third-order valence-corrected chi connectivity index (χ3v) is 5.80. The molecule has 1 aliphatic heterocycles. The van der Waals surface area contributed by atoms with Crippen LogP contribution < -0.4 is 14.8 Å². The number of esters is 1. The Kier molecular flexibility index (Phi) is 6.29. The molecule has 0 unspecified atom stereocenters. The minimum atomic E-state index is -0.337. The molecule has 1 heterocycles. The van der Waals surface area contributed by atoms with Crippen LogP contribution >= 0.6 is 11.8 Å². The summed E-state index contributed by atoms with van der Waals surface area (Å²) in [7, 11) is 1.37. The van der Waals surface area contributed by atoms with Gasteiger partial charge >= 0.3 is 5.97 Å². The third kappa shape index (κ3) is 4.44. The zero-order valence-electron chi connectivity index (χ0n) is 15.0. The molecule has 0 radical (unpaired) electrons. The number of ether oxygens (including phenoxy) is 3. The smallest absolute Gasteiger partial charge is 0.306 e. The van der Waals surface area contributed by atoms with Gasteiger partial charge in [0.2, 0.25) is 5.91 Å². The molecule has 142 valence electrons. The van der Waals surface area contributed by atoms with Crippen LogP contribution in [0.1, 0.15) is 37.7 Å². The molecule has 0 spiro atoms. The molecule has 1 fully saturated rings. The van der Waals surface area contributed by atoms with Crippen LogP contribution in [0.2, 0.25) is 0 Å². The van der Waals surface area contributed by atoms with Gasteiger partial charge in [0, 0.05) is 5.75 Å². The summed E-state index contributed by atoms with van der Waals surface area (Å²) in [5.74, 6) is 2.18. The number of hydrogen-bond acceptors (Lipinski definition) is 6. The second-order valence-electron chi connectivity index (χ2n) is 6.57. The highest BCUT2D eigenvalue weighted by atomic mass is 32.2. The molecule has 1 aliphatic carbocycles. The van der Waals surface area contributed by atoms with E-state index in [-0.39, 0.29) is 17.4 Å². The van der Waals surface area contributed by atoms with E-state index in [4.69, 9.17) is 9.47 Å². The maximum Gasteiger partial charge on any atom is 0.306 e. The van der Waals surface area contributed by atoms with Crippen molar-refractivity contribution in [1.82, 2.24) is 5.32 Å². The highest BCUT2D eigenvalue weighted by molar-refractivity contribution is 7.99. The topological polar surface area (TPSA) is 73.9 Å². The van der Waals surface area contributed by atoms with E-state index in [9.17, 15) is 9.59 Å². The van der Waals surface area contributed by atoms with Crippen LogP contribution in [-0.4, -0.2) is 43.7 Å². The first kappa shape index (κ1) is 18.9. The van der Waals surface area contributed by atoms with E-state index in [0.29, 0.717) is 31.1 Å². The van der Waals surface area contributed by atoms with Crippen molar-refractivity contribution in [2.24, 2.45) is 0 Å². The number of methoxy groups -OCH3 is 1. The van der Waals surface area contributed by atoms with Crippen LogP contribution in [0.3, 0.4) is 0 Å². The fourth-order valence-corrected chi connectivity index (χ4v) is 4.24. The summed E-state index contributed by atoms with van der Waals surface area (Å²) < 4.78 is 15.9. The fourth-order valence-electron chi connectivity index (χ4n) is 3.53. The summed E-state index contributed by atoms with van der Waals surface area (Å²) in [6, 6.07) is 5.97. The average molecular weight is 379 g/mol. The number of hydrogen-bond donors (Lipinski definition) is 1. The van der Waals surface area contributed by atoms with Crippen LogP contribution in [0, 0.1) is 0 Å². The number of nitrogens with one attached hydrogen (secondary N) is 1. The minimum absolute atomic E-state index is 0.00310. The lowest BCUT2D eigenvalue weighted by molar-refractivity contribution is -0.140. The van der Waals surface area contributed by atoms with Gasteiger partial charge in [0.25, 0.3) is 0 Å². The summed E-state index contributed by atoms with van der Waals surface area (Å²) >= 11 is 1.45. The number of carbonyl (C=O) groups excluding carboxylic acids is 2. The molecule has 7 heteroatoms. The highest BCUT2D eigenvalue weighted by Gasteiger charge is 2.37. The highest BCUT2D eigenvalue weighted by Crippen LogP contribution is 2.42. The summed E-state index contributed by atoms with van der Waals surface area (Å²) in [5.41, 5.74) is 0.739. The van der Waals surface area contributed by atoms with Crippen LogP contribution in [0.5, 0.6) is 11.5 Å². The van der Waals surface area contributed by atoms with E-state index in [1.54, 1.807) is 0 Å². The molecule has 26 heavy (non-hydrogen) atoms. The van der Waals surface area contributed by atoms with Gasteiger partial charge in [-0.05, 0) is 30.5 Å². The third-order valence-electron chi connectivity index (χ3n) is 4.84. The van der Waals surface area contributed by atoms with Crippen molar-refractivity contribution in [3.63, 3.8) is 0 Å². The predicted molar refractivity (Wildman–Crippen MR) is 99.7 cm³/mol. The van der Waals surface area contributed by atoms with E-state index >= 15 is 0 Å². The van der Waals surface area contributed by atoms with Crippen LogP contribution in [0.15, 0.2) is 18.2 Å². The monoisotopic (exact) mass is 379 g/mol. The summed E-state index contributed by atoms with van der Waals surface area (Å²) in [4.78, 5) is 23.6. The molecule has 3 rings (SSSR count). The molecule has 0 saturated heterocycles. The first-order valence-electron chi connectivity index (χ1n) is 8.99. The summed E-state index contributed by atoms with van der Waals surface area (Å²) in [6.07, 6.45) is 4.34. The minimum Gasteiger partial charge on any atom is -0.486 e. The van der Waals surface area contributed by atoms with Gasteiger partial charge in [-0.25, -0.2) is 0 Å². The molecule has 1 saturated carbocycles. The molecule has 6 nitrogen and oxygen atoms in total. The van der Waals surface area contributed by atoms with E-state index < -0.39 is 0 Å². The molecule has 1 aromatic carbocycles. The molecule has 2 aliphatic rings. The van der Waals surface area contributed by atoms with Gasteiger partial charge < -0.3 is 19.5 Å². The number of rotatable bonds is 7. The lowest BCUT2D eigenvalue weighted by Crippen LogP contribution is -2.44. The van der Waals surface area contributed by atoms with Gasteiger partial charge in [-0.3, -0.25) is 9.59 Å². The van der Waals surface area contributed by atoms with Gasteiger partial charge in [-0.15, -0.1) is 0 Å². The molecular formula is C19H25NO5S. The fraction of sp³-hybridized carbons (Fsp3) is 0.579. The average Bonchev–Trinajstić information content (AvgIpc) is 3.14. The SMILES string of the molecule is COC(=O)CCSCC(=O)NC1(c2ccc3c(c2)OCCO3)CCCC1. The lowest BCUT2D eigenvalue weighted by atomic mass is 9.87. The van der Waals surface area contributed by atoms with Crippen molar-refractivity contribution in [1.29, 1.82) is 0 Å². The number of amides is 1. The van der Waals surface area contributed by atoms with Gasteiger partial charge in [0.15, 0.2) is 11.5 Å². The lowest BCUT2D eigenvalue weighted by Gasteiger charge is -2.32. The molecule has 1 N–H and O–H groups in total. The second kappa shape index (κ2) is 8.66. The van der Waals surface area contributed by atoms with Crippen LogP contribution in [-0.2, 0) is 19.9 Å². The summed E-state index contributed by atoms with van der Waals surface area (Å²) in [6.45, 7) is 1.11. The largest absolute Gasteiger partial charge is 0.486 e. The van der Waals surface area contributed by atoms with Gasteiger partial charge in [0.1, 0.15) is 13.2 Å². The summed E-state index contributed by atoms with van der Waals surface area (Å²) in [5, 5.41) is 3.25. The molecule has 0 bridgehead atoms. The first-order valence-corrected chi connectivity index (χ1v) is 10.1. The number of fused-ring (bicyclic) bond motifs is 1. The van der Waals surface area contributed by atoms with E-state index in [1.807, 2.05) is 18.2 Å². The van der Waals surface area contributed by atoms with E-state index in [2.05, 4.69) is 10.1 Å². The van der Waals surface area contributed by atoms with Crippen molar-refractivity contribution in [2.75, 3.05) is 31.8 Å². The van der Waals surface area contributed by atoms with Gasteiger partial charge in [-0.1, -0.05) is 18.9 Å². The number of carbonyl (C=O) groups is 2. The van der Waals surface area contributed by atoms with Crippen molar-refractivity contribution in [3.8, 4) is 11.5 Å². The second-order valence-corrected chi connectivity index (χ2v) is 7.68. The van der Waals surface area contributed by atoms with Crippen molar-refractivity contribution in [3.05, 3.63) is 23.8 Å². The van der Waals surface area contributed by atoms with Crippen molar-refractivity contribution >= 4 is 23.6 Å². The van der Waals surface area contributed by atoms with Gasteiger partial charge in [0.05, 0.1) is 24.8 Å². The standard InChI is InChI=1S/C19H25NO5S/c1-23-18(22)6-11-26-13-17(21)20-19(7-2-3-8-19)14-4-5-15-16(12-14)25-10-9-24-15/h4-5,12H,2-3,6-11,13H2,1H3,(H,20,21).